The first kappa shape index (κ1) is 26.1. The Kier molecular flexibility index (Phi) is 7.08. The van der Waals surface area contributed by atoms with Gasteiger partial charge in [0, 0.05) is 54.6 Å². The van der Waals surface area contributed by atoms with Gasteiger partial charge in [0.15, 0.2) is 5.13 Å². The molecule has 3 amide bonds. The Morgan fingerprint density at radius 2 is 2.13 bits per heavy atom. The molecule has 4 aliphatic heterocycles. The van der Waals surface area contributed by atoms with E-state index in [0.29, 0.717) is 37.2 Å². The maximum atomic E-state index is 13.1. The summed E-state index contributed by atoms with van der Waals surface area (Å²) in [7, 11) is 0. The molecule has 5 heterocycles. The summed E-state index contributed by atoms with van der Waals surface area (Å²) in [6, 6.07) is -0.863. The molecule has 2 unspecified atom stereocenters. The van der Waals surface area contributed by atoms with Gasteiger partial charge < -0.3 is 37.3 Å². The minimum Gasteiger partial charge on any atom is -0.477 e. The summed E-state index contributed by atoms with van der Waals surface area (Å²) < 4.78 is 3.82. The molecule has 0 aliphatic carbocycles. The van der Waals surface area contributed by atoms with E-state index in [0.717, 1.165) is 22.9 Å². The monoisotopic (exact) mass is 563 g/mol. The number of nitrogens with zero attached hydrogens (tertiary/aromatic N) is 5. The van der Waals surface area contributed by atoms with Gasteiger partial charge in [-0.2, -0.15) is 9.36 Å². The van der Waals surface area contributed by atoms with E-state index in [-0.39, 0.29) is 40.4 Å². The number of fused-ring (bicyclic) bond motifs is 1. The van der Waals surface area contributed by atoms with Gasteiger partial charge in [0.05, 0.1) is 0 Å². The summed E-state index contributed by atoms with van der Waals surface area (Å²) in [5, 5.41) is 27.2. The van der Waals surface area contributed by atoms with Crippen molar-refractivity contribution in [2.45, 2.75) is 36.3 Å². The first-order valence-corrected chi connectivity index (χ1v) is 13.5. The maximum Gasteiger partial charge on any atom is 0.352 e. The molecule has 15 nitrogen and oxygen atoms in total. The summed E-state index contributed by atoms with van der Waals surface area (Å²) in [5.41, 5.74) is 11.3. The third-order valence-electron chi connectivity index (χ3n) is 6.89. The Balaban J connectivity index is 1.31. The van der Waals surface area contributed by atoms with Crippen LogP contribution in [0.25, 0.3) is 0 Å². The standard InChI is InChI=1S/C21H25N9O6S2/c22-5-10-4-11(6-24-10)29-2-1-8(17(29)32)3-9-7-37-19-13(18(33)30(19)14(9)20(34)35)25-16(31)12(27-36)15-26-21(23)38-28-15/h3,10-11,13,19,24,36H,1-2,4-7,22H2,(H,25,31)(H,34,35)(H2,23,26,28)/t10?,11?,13-,19-/m1/s1. The zero-order chi connectivity index (χ0) is 27.1. The van der Waals surface area contributed by atoms with E-state index in [4.69, 9.17) is 11.5 Å². The molecule has 1 aromatic heterocycles. The SMILES string of the molecule is NCC1CC(N2CCC(=CC3=C(C(=O)O)N4C(=O)[C@@H](NC(=O)C(=NO)c5nsc(N)n5)[C@H]4SC3)C2=O)CN1. The first-order valence-electron chi connectivity index (χ1n) is 11.7. The fourth-order valence-electron chi connectivity index (χ4n) is 5.03. The van der Waals surface area contributed by atoms with Crippen molar-refractivity contribution in [3.63, 3.8) is 0 Å². The molecular formula is C21H25N9O6S2. The van der Waals surface area contributed by atoms with Crippen LogP contribution in [0.3, 0.4) is 0 Å². The molecule has 5 rings (SSSR count). The normalized spacial score (nSPS) is 28.7. The van der Waals surface area contributed by atoms with Crippen molar-refractivity contribution < 1.29 is 29.5 Å². The highest BCUT2D eigenvalue weighted by Crippen LogP contribution is 2.41. The van der Waals surface area contributed by atoms with E-state index in [1.807, 2.05) is 0 Å². The summed E-state index contributed by atoms with van der Waals surface area (Å²) in [6.45, 7) is 1.68. The largest absolute Gasteiger partial charge is 0.477 e. The number of carbonyl (C=O) groups excluding carboxylic acids is 3. The number of hydrogen-bond donors (Lipinski definition) is 6. The number of aromatic nitrogens is 2. The average molecular weight is 564 g/mol. The quantitative estimate of drug-likeness (QED) is 0.0688. The first-order chi connectivity index (χ1) is 18.2. The predicted molar refractivity (Wildman–Crippen MR) is 136 cm³/mol. The second kappa shape index (κ2) is 10.3. The molecule has 17 heteroatoms. The van der Waals surface area contributed by atoms with Crippen LogP contribution in [0, 0.1) is 0 Å². The highest BCUT2D eigenvalue weighted by molar-refractivity contribution is 8.00. The number of rotatable bonds is 7. The fourth-order valence-corrected chi connectivity index (χ4v) is 6.77. The van der Waals surface area contributed by atoms with Crippen molar-refractivity contribution in [2.24, 2.45) is 10.9 Å². The number of allylic oxidation sites excluding steroid dienone is 1. The second-order valence-electron chi connectivity index (χ2n) is 9.09. The van der Waals surface area contributed by atoms with Crippen LogP contribution in [0.15, 0.2) is 28.1 Å². The van der Waals surface area contributed by atoms with Crippen LogP contribution >= 0.6 is 23.3 Å². The lowest BCUT2D eigenvalue weighted by Crippen LogP contribution is -2.71. The number of amides is 3. The van der Waals surface area contributed by atoms with Crippen LogP contribution in [0.2, 0.25) is 0 Å². The third-order valence-corrected chi connectivity index (χ3v) is 8.73. The minimum absolute atomic E-state index is 0.0320. The van der Waals surface area contributed by atoms with Gasteiger partial charge >= 0.3 is 5.97 Å². The molecule has 0 saturated carbocycles. The van der Waals surface area contributed by atoms with Crippen molar-refractivity contribution in [3.05, 3.63) is 28.7 Å². The van der Waals surface area contributed by atoms with Crippen LogP contribution in [0.1, 0.15) is 18.7 Å². The van der Waals surface area contributed by atoms with Gasteiger partial charge in [-0.15, -0.1) is 11.8 Å². The minimum atomic E-state index is -1.31. The van der Waals surface area contributed by atoms with Crippen molar-refractivity contribution >= 4 is 57.8 Å². The number of thioether (sulfide) groups is 1. The van der Waals surface area contributed by atoms with Crippen LogP contribution in [0.5, 0.6) is 0 Å². The molecule has 0 aromatic carbocycles. The number of carboxylic acid groups (broad SMARTS) is 1. The number of likely N-dealkylation sites (tertiary alicyclic amines) is 1. The molecule has 3 saturated heterocycles. The van der Waals surface area contributed by atoms with Gasteiger partial charge in [0.2, 0.25) is 17.4 Å². The summed E-state index contributed by atoms with van der Waals surface area (Å²) in [4.78, 5) is 57.6. The number of carbonyl (C=O) groups is 4. The summed E-state index contributed by atoms with van der Waals surface area (Å²) >= 11 is 2.05. The van der Waals surface area contributed by atoms with Gasteiger partial charge in [-0.05, 0) is 24.5 Å². The highest BCUT2D eigenvalue weighted by Gasteiger charge is 2.54. The van der Waals surface area contributed by atoms with Crippen LogP contribution in [-0.2, 0) is 19.2 Å². The Labute approximate surface area is 224 Å². The van der Waals surface area contributed by atoms with Crippen LogP contribution in [-0.4, -0.2) is 108 Å². The van der Waals surface area contributed by atoms with E-state index in [9.17, 15) is 29.5 Å². The van der Waals surface area contributed by atoms with Crippen LogP contribution < -0.4 is 22.1 Å². The van der Waals surface area contributed by atoms with E-state index in [2.05, 4.69) is 25.1 Å². The lowest BCUT2D eigenvalue weighted by molar-refractivity contribution is -0.150. The molecule has 4 atom stereocenters. The highest BCUT2D eigenvalue weighted by atomic mass is 32.2. The molecule has 3 fully saturated rings. The number of aliphatic carboxylic acids is 1. The zero-order valence-electron chi connectivity index (χ0n) is 19.9. The summed E-state index contributed by atoms with van der Waals surface area (Å²) in [6.07, 6.45) is 2.81. The molecule has 0 radical (unpaired) electrons. The molecule has 4 aliphatic rings. The Hall–Kier alpha value is -3.54. The van der Waals surface area contributed by atoms with E-state index >= 15 is 0 Å². The molecule has 0 bridgehead atoms. The molecule has 38 heavy (non-hydrogen) atoms. The molecule has 0 spiro atoms. The maximum absolute atomic E-state index is 13.1. The van der Waals surface area contributed by atoms with E-state index in [1.165, 1.54) is 11.8 Å². The average Bonchev–Trinajstić information content (AvgIpc) is 3.63. The lowest BCUT2D eigenvalue weighted by atomic mass is 10.0. The Morgan fingerprint density at radius 3 is 2.76 bits per heavy atom. The van der Waals surface area contributed by atoms with Crippen molar-refractivity contribution in [1.82, 2.24) is 29.8 Å². The number of hydrogen-bond acceptors (Lipinski definition) is 13. The van der Waals surface area contributed by atoms with Gasteiger partial charge in [-0.1, -0.05) is 5.16 Å². The van der Waals surface area contributed by atoms with Crippen LogP contribution in [0.4, 0.5) is 5.13 Å². The smallest absolute Gasteiger partial charge is 0.352 e. The molecule has 8 N–H and O–H groups in total. The number of anilines is 1. The predicted octanol–water partition coefficient (Wildman–Crippen LogP) is -2.11. The van der Waals surface area contributed by atoms with Crippen molar-refractivity contribution in [3.8, 4) is 0 Å². The van der Waals surface area contributed by atoms with Crippen molar-refractivity contribution in [2.75, 3.05) is 31.1 Å². The Morgan fingerprint density at radius 1 is 1.34 bits per heavy atom. The van der Waals surface area contributed by atoms with Gasteiger partial charge in [0.1, 0.15) is 17.1 Å². The number of carboxylic acids is 1. The summed E-state index contributed by atoms with van der Waals surface area (Å²) in [5.74, 6) is -3.00. The molecular weight excluding hydrogens is 538 g/mol. The number of nitrogen functional groups attached to an aromatic ring is 1. The number of oxime groups is 1. The van der Waals surface area contributed by atoms with Gasteiger partial charge in [0.25, 0.3) is 11.8 Å². The topological polar surface area (TPSA) is 229 Å². The van der Waals surface area contributed by atoms with E-state index in [1.54, 1.807) is 11.0 Å². The fraction of sp³-hybridized carbons (Fsp3) is 0.476. The molecule has 1 aromatic rings. The second-order valence-corrected chi connectivity index (χ2v) is 11.0. The van der Waals surface area contributed by atoms with Gasteiger partial charge in [-0.25, -0.2) is 4.79 Å². The van der Waals surface area contributed by atoms with Gasteiger partial charge in [-0.3, -0.25) is 19.3 Å². The number of nitrogens with one attached hydrogen (secondary N) is 2. The lowest BCUT2D eigenvalue weighted by Gasteiger charge is -2.49. The number of β-lactam (4-membered cyclic amide) rings is 1. The van der Waals surface area contributed by atoms with E-state index < -0.39 is 34.9 Å². The Bertz CT molecular complexity index is 1290. The molecule has 202 valence electrons. The third kappa shape index (κ3) is 4.50. The zero-order valence-corrected chi connectivity index (χ0v) is 21.5. The van der Waals surface area contributed by atoms with Crippen molar-refractivity contribution in [1.29, 1.82) is 0 Å². The number of nitrogens with two attached hydrogens (primary N) is 2.